The van der Waals surface area contributed by atoms with E-state index in [0.29, 0.717) is 0 Å². The maximum absolute atomic E-state index is 5.81. The van der Waals surface area contributed by atoms with Gasteiger partial charge in [-0.25, -0.2) is 0 Å². The van der Waals surface area contributed by atoms with Crippen molar-refractivity contribution in [1.29, 1.82) is 0 Å². The molecular formula is C11H11BrO. The maximum Gasteiger partial charge on any atom is 0.0941 e. The minimum atomic E-state index is 0.146. The zero-order valence-corrected chi connectivity index (χ0v) is 8.93. The van der Waals surface area contributed by atoms with Crippen molar-refractivity contribution in [2.24, 2.45) is 0 Å². The zero-order valence-electron chi connectivity index (χ0n) is 7.35. The highest BCUT2D eigenvalue weighted by atomic mass is 79.9. The Kier molecular flexibility index (Phi) is 1.59. The first-order valence-electron chi connectivity index (χ1n) is 4.66. The fourth-order valence-electron chi connectivity index (χ4n) is 2.08. The van der Waals surface area contributed by atoms with E-state index in [1.54, 1.807) is 0 Å². The lowest BCUT2D eigenvalue weighted by molar-refractivity contribution is 0.0442. The lowest BCUT2D eigenvalue weighted by Gasteiger charge is -2.07. The van der Waals surface area contributed by atoms with Crippen LogP contribution in [0.2, 0.25) is 0 Å². The van der Waals surface area contributed by atoms with Crippen LogP contribution in [-0.2, 0) is 22.3 Å². The van der Waals surface area contributed by atoms with Crippen LogP contribution in [0, 0.1) is 0 Å². The summed E-state index contributed by atoms with van der Waals surface area (Å²) in [5.41, 5.74) is 4.34. The molecule has 0 saturated heterocycles. The molecule has 1 nitrogen and oxygen atoms in total. The van der Waals surface area contributed by atoms with Crippen LogP contribution in [0.15, 0.2) is 18.2 Å². The van der Waals surface area contributed by atoms with Gasteiger partial charge in [-0.05, 0) is 29.5 Å². The first kappa shape index (κ1) is 8.01. The summed E-state index contributed by atoms with van der Waals surface area (Å²) in [6.07, 6.45) is 2.43. The third kappa shape index (κ3) is 1.09. The van der Waals surface area contributed by atoms with Crippen molar-refractivity contribution in [3.63, 3.8) is 0 Å². The molecule has 0 atom stereocenters. The van der Waals surface area contributed by atoms with E-state index in [2.05, 4.69) is 34.1 Å². The Morgan fingerprint density at radius 2 is 2.23 bits per heavy atom. The summed E-state index contributed by atoms with van der Waals surface area (Å²) >= 11 is 3.48. The molecule has 1 aromatic rings. The van der Waals surface area contributed by atoms with Gasteiger partial charge in [-0.1, -0.05) is 34.1 Å². The fraction of sp³-hybridized carbons (Fsp3) is 0.455. The van der Waals surface area contributed by atoms with Gasteiger partial charge < -0.3 is 4.74 Å². The topological polar surface area (TPSA) is 9.23 Å². The summed E-state index contributed by atoms with van der Waals surface area (Å²) in [6.45, 7) is 0.817. The Bertz CT molecular complexity index is 355. The van der Waals surface area contributed by atoms with Crippen LogP contribution in [0.3, 0.4) is 0 Å². The molecule has 0 N–H and O–H groups in total. The Balaban J connectivity index is 2.12. The van der Waals surface area contributed by atoms with Crippen LogP contribution in [0.4, 0.5) is 0 Å². The van der Waals surface area contributed by atoms with Crippen molar-refractivity contribution in [3.05, 3.63) is 34.9 Å². The summed E-state index contributed by atoms with van der Waals surface area (Å²) in [5.74, 6) is 0. The van der Waals surface area contributed by atoms with Crippen molar-refractivity contribution in [1.82, 2.24) is 0 Å². The summed E-state index contributed by atoms with van der Waals surface area (Å²) in [5, 5.41) is 0.941. The second-order valence-corrected chi connectivity index (χ2v) is 4.47. The van der Waals surface area contributed by atoms with Gasteiger partial charge in [-0.15, -0.1) is 0 Å². The molecule has 2 aliphatic rings. The first-order valence-corrected chi connectivity index (χ1v) is 5.78. The van der Waals surface area contributed by atoms with E-state index in [4.69, 9.17) is 4.74 Å². The number of halogens is 1. The molecule has 13 heavy (non-hydrogen) atoms. The molecule has 0 unspecified atom stereocenters. The smallest absolute Gasteiger partial charge is 0.0941 e. The average Bonchev–Trinajstić information content (AvgIpc) is 2.86. The number of hydrogen-bond donors (Lipinski definition) is 0. The Morgan fingerprint density at radius 3 is 2.92 bits per heavy atom. The third-order valence-corrected chi connectivity index (χ3v) is 3.68. The van der Waals surface area contributed by atoms with Crippen LogP contribution in [-0.4, -0.2) is 0 Å². The van der Waals surface area contributed by atoms with Gasteiger partial charge >= 0.3 is 0 Å². The number of rotatable bonds is 1. The van der Waals surface area contributed by atoms with E-state index < -0.39 is 0 Å². The van der Waals surface area contributed by atoms with Crippen molar-refractivity contribution in [2.75, 3.05) is 0 Å². The van der Waals surface area contributed by atoms with Crippen LogP contribution in [0.5, 0.6) is 0 Å². The van der Waals surface area contributed by atoms with E-state index in [9.17, 15) is 0 Å². The molecule has 1 heterocycles. The van der Waals surface area contributed by atoms with E-state index >= 15 is 0 Å². The molecule has 0 radical (unpaired) electrons. The highest BCUT2D eigenvalue weighted by Gasteiger charge is 2.50. The van der Waals surface area contributed by atoms with Crippen molar-refractivity contribution < 1.29 is 4.74 Å². The predicted molar refractivity (Wildman–Crippen MR) is 54.8 cm³/mol. The molecule has 1 aliphatic heterocycles. The molecule has 0 amide bonds. The fourth-order valence-corrected chi connectivity index (χ4v) is 2.43. The number of benzene rings is 1. The second kappa shape index (κ2) is 2.58. The van der Waals surface area contributed by atoms with Crippen molar-refractivity contribution in [2.45, 2.75) is 30.4 Å². The summed E-state index contributed by atoms with van der Waals surface area (Å²) < 4.78 is 5.81. The third-order valence-electron chi connectivity index (χ3n) is 3.03. The van der Waals surface area contributed by atoms with E-state index in [1.807, 2.05) is 0 Å². The zero-order chi connectivity index (χ0) is 8.89. The lowest BCUT2D eigenvalue weighted by atomic mass is 10.0. The SMILES string of the molecule is BrCc1ccc2c(c1)C1(CC1)OC2. The lowest BCUT2D eigenvalue weighted by Crippen LogP contribution is -2.02. The minimum absolute atomic E-state index is 0.146. The molecular weight excluding hydrogens is 228 g/mol. The number of fused-ring (bicyclic) bond motifs is 2. The quantitative estimate of drug-likeness (QED) is 0.684. The highest BCUT2D eigenvalue weighted by molar-refractivity contribution is 9.08. The van der Waals surface area contributed by atoms with E-state index in [0.717, 1.165) is 11.9 Å². The average molecular weight is 239 g/mol. The van der Waals surface area contributed by atoms with Crippen LogP contribution in [0.1, 0.15) is 29.5 Å². The number of ether oxygens (including phenoxy) is 1. The number of hydrogen-bond acceptors (Lipinski definition) is 1. The van der Waals surface area contributed by atoms with Crippen molar-refractivity contribution >= 4 is 15.9 Å². The van der Waals surface area contributed by atoms with Gasteiger partial charge in [0.2, 0.25) is 0 Å². The molecule has 1 aromatic carbocycles. The number of alkyl halides is 1. The maximum atomic E-state index is 5.81. The molecule has 68 valence electrons. The Labute approximate surface area is 86.2 Å². The second-order valence-electron chi connectivity index (χ2n) is 3.91. The highest BCUT2D eigenvalue weighted by Crippen LogP contribution is 2.54. The van der Waals surface area contributed by atoms with E-state index in [-0.39, 0.29) is 5.60 Å². The van der Waals surface area contributed by atoms with E-state index in [1.165, 1.54) is 29.5 Å². The monoisotopic (exact) mass is 238 g/mol. The molecule has 1 fully saturated rings. The summed E-state index contributed by atoms with van der Waals surface area (Å²) in [7, 11) is 0. The largest absolute Gasteiger partial charge is 0.366 e. The van der Waals surface area contributed by atoms with Crippen LogP contribution < -0.4 is 0 Å². The Morgan fingerprint density at radius 1 is 1.38 bits per heavy atom. The van der Waals surface area contributed by atoms with Crippen LogP contribution in [0.25, 0.3) is 0 Å². The van der Waals surface area contributed by atoms with Crippen LogP contribution >= 0.6 is 15.9 Å². The molecule has 0 aromatic heterocycles. The Hall–Kier alpha value is -0.340. The summed E-state index contributed by atoms with van der Waals surface area (Å²) in [6, 6.07) is 6.68. The minimum Gasteiger partial charge on any atom is -0.366 e. The molecule has 1 spiro atoms. The first-order chi connectivity index (χ1) is 6.34. The van der Waals surface area contributed by atoms with Gasteiger partial charge in [-0.3, -0.25) is 0 Å². The van der Waals surface area contributed by atoms with Gasteiger partial charge in [0, 0.05) is 5.33 Å². The molecule has 1 saturated carbocycles. The normalized spacial score (nSPS) is 21.9. The standard InChI is InChI=1S/C11H11BrO/c12-6-8-1-2-9-7-13-11(3-4-11)10(9)5-8/h1-2,5H,3-4,6-7H2. The molecule has 2 heteroatoms. The predicted octanol–water partition coefficient (Wildman–Crippen LogP) is 3.10. The van der Waals surface area contributed by atoms with Gasteiger partial charge in [-0.2, -0.15) is 0 Å². The van der Waals surface area contributed by atoms with Gasteiger partial charge in [0.05, 0.1) is 12.2 Å². The van der Waals surface area contributed by atoms with Gasteiger partial charge in [0.1, 0.15) is 0 Å². The van der Waals surface area contributed by atoms with Gasteiger partial charge in [0.25, 0.3) is 0 Å². The molecule has 1 aliphatic carbocycles. The molecule has 0 bridgehead atoms. The molecule has 3 rings (SSSR count). The van der Waals surface area contributed by atoms with Gasteiger partial charge in [0.15, 0.2) is 0 Å². The summed E-state index contributed by atoms with van der Waals surface area (Å²) in [4.78, 5) is 0. The van der Waals surface area contributed by atoms with Crippen molar-refractivity contribution in [3.8, 4) is 0 Å².